The summed E-state index contributed by atoms with van der Waals surface area (Å²) in [7, 11) is 0. The Balaban J connectivity index is 2.37. The molecule has 0 amide bonds. The lowest BCUT2D eigenvalue weighted by molar-refractivity contribution is 0.617. The van der Waals surface area contributed by atoms with Crippen LogP contribution in [0.25, 0.3) is 0 Å². The molecule has 64 valence electrons. The molecule has 1 heterocycles. The van der Waals surface area contributed by atoms with Gasteiger partial charge < -0.3 is 0 Å². The van der Waals surface area contributed by atoms with E-state index in [4.69, 9.17) is 11.6 Å². The number of nitrogens with zero attached hydrogens (tertiary/aromatic N) is 1. The average molecular weight is 200 g/mol. The highest BCUT2D eigenvalue weighted by atomic mass is 35.5. The molecule has 0 bridgehead atoms. The van der Waals surface area contributed by atoms with Crippen molar-refractivity contribution in [3.8, 4) is 0 Å². The van der Waals surface area contributed by atoms with E-state index < -0.39 is 0 Å². The van der Waals surface area contributed by atoms with Gasteiger partial charge >= 0.3 is 0 Å². The van der Waals surface area contributed by atoms with Crippen molar-refractivity contribution < 1.29 is 0 Å². The average Bonchev–Trinajstić information content (AvgIpc) is 2.24. The van der Waals surface area contributed by atoms with Crippen molar-refractivity contribution in [2.45, 2.75) is 24.6 Å². The number of fused-ring (bicyclic) bond motifs is 1. The Labute approximate surface area is 81.6 Å². The molecule has 2 aliphatic rings. The van der Waals surface area contributed by atoms with Gasteiger partial charge in [0, 0.05) is 5.03 Å². The number of aliphatic imine (C=N–C) groups is 1. The largest absolute Gasteiger partial charge is 0.271 e. The third kappa shape index (κ3) is 1.23. The zero-order chi connectivity index (χ0) is 8.77. The summed E-state index contributed by atoms with van der Waals surface area (Å²) in [5, 5.41) is 2.37. The van der Waals surface area contributed by atoms with E-state index in [2.05, 4.69) is 24.1 Å². The van der Waals surface area contributed by atoms with Gasteiger partial charge in [0.25, 0.3) is 0 Å². The molecule has 3 heteroatoms. The first-order valence-electron chi connectivity index (χ1n) is 3.90. The Morgan fingerprint density at radius 3 is 3.17 bits per heavy atom. The third-order valence-electron chi connectivity index (χ3n) is 2.16. The van der Waals surface area contributed by atoms with Crippen molar-refractivity contribution >= 4 is 28.4 Å². The van der Waals surface area contributed by atoms with Crippen LogP contribution in [-0.4, -0.2) is 15.8 Å². The second-order valence-electron chi connectivity index (χ2n) is 3.28. The Morgan fingerprint density at radius 2 is 2.42 bits per heavy atom. The van der Waals surface area contributed by atoms with Crippen LogP contribution in [0.3, 0.4) is 0 Å². The van der Waals surface area contributed by atoms with Crippen LogP contribution in [0.5, 0.6) is 0 Å². The molecule has 0 aromatic heterocycles. The summed E-state index contributed by atoms with van der Waals surface area (Å²) in [6.07, 6.45) is 6.09. The molecule has 0 fully saturated rings. The number of allylic oxidation sites excluding steroid dienone is 2. The van der Waals surface area contributed by atoms with Crippen LogP contribution < -0.4 is 0 Å². The van der Waals surface area contributed by atoms with Gasteiger partial charge in [-0.05, 0) is 26.0 Å². The molecular formula is C9H10ClNS. The first-order valence-corrected chi connectivity index (χ1v) is 5.16. The minimum absolute atomic E-state index is 0.0485. The van der Waals surface area contributed by atoms with E-state index in [9.17, 15) is 0 Å². The summed E-state index contributed by atoms with van der Waals surface area (Å²) in [6, 6.07) is 0. The normalized spacial score (nSPS) is 39.1. The maximum atomic E-state index is 5.90. The summed E-state index contributed by atoms with van der Waals surface area (Å²) in [6.45, 7) is 4.18. The molecule has 0 saturated heterocycles. The van der Waals surface area contributed by atoms with E-state index in [-0.39, 0.29) is 5.54 Å². The van der Waals surface area contributed by atoms with Crippen molar-refractivity contribution in [3.63, 3.8) is 0 Å². The Bertz CT molecular complexity index is 306. The first kappa shape index (κ1) is 8.39. The van der Waals surface area contributed by atoms with E-state index in [1.165, 1.54) is 0 Å². The molecule has 12 heavy (non-hydrogen) atoms. The summed E-state index contributed by atoms with van der Waals surface area (Å²) in [5.41, 5.74) is -0.0485. The van der Waals surface area contributed by atoms with Gasteiger partial charge in [0.05, 0.1) is 15.8 Å². The van der Waals surface area contributed by atoms with Crippen LogP contribution in [0.15, 0.2) is 28.3 Å². The molecule has 1 nitrogen and oxygen atoms in total. The fraction of sp³-hybridized carbons (Fsp3) is 0.444. The highest BCUT2D eigenvalue weighted by Gasteiger charge is 2.37. The number of thioether (sulfide) groups is 1. The number of hydrogen-bond donors (Lipinski definition) is 0. The number of hydrogen-bond acceptors (Lipinski definition) is 2. The van der Waals surface area contributed by atoms with Gasteiger partial charge in [0.15, 0.2) is 0 Å². The van der Waals surface area contributed by atoms with Crippen LogP contribution in [0.2, 0.25) is 0 Å². The van der Waals surface area contributed by atoms with Crippen molar-refractivity contribution in [1.82, 2.24) is 0 Å². The molecular weight excluding hydrogens is 190 g/mol. The molecule has 2 unspecified atom stereocenters. The summed E-state index contributed by atoms with van der Waals surface area (Å²) in [5.74, 6) is 0. The third-order valence-corrected chi connectivity index (χ3v) is 3.71. The lowest BCUT2D eigenvalue weighted by Gasteiger charge is -2.25. The zero-order valence-corrected chi connectivity index (χ0v) is 8.62. The summed E-state index contributed by atoms with van der Waals surface area (Å²) < 4.78 is 0. The van der Waals surface area contributed by atoms with Gasteiger partial charge in [-0.15, -0.1) is 11.8 Å². The quantitative estimate of drug-likeness (QED) is 0.585. The summed E-state index contributed by atoms with van der Waals surface area (Å²) in [4.78, 5) is 4.57. The second-order valence-corrected chi connectivity index (χ2v) is 5.05. The van der Waals surface area contributed by atoms with E-state index in [0.29, 0.717) is 5.25 Å². The van der Waals surface area contributed by atoms with Crippen molar-refractivity contribution in [1.29, 1.82) is 0 Å². The van der Waals surface area contributed by atoms with Crippen LogP contribution in [0.4, 0.5) is 0 Å². The standard InChI is InChI=1S/C9H10ClNS/c1-6-11-9(2)4-3-7(10)5-8(9)12-6/h3-5,8H,1-2H3. The van der Waals surface area contributed by atoms with Gasteiger partial charge in [-0.3, -0.25) is 4.99 Å². The monoisotopic (exact) mass is 199 g/mol. The molecule has 1 aliphatic heterocycles. The lowest BCUT2D eigenvalue weighted by atomic mass is 9.94. The molecule has 0 radical (unpaired) electrons. The van der Waals surface area contributed by atoms with Gasteiger partial charge in [0.1, 0.15) is 0 Å². The van der Waals surface area contributed by atoms with Gasteiger partial charge in [-0.1, -0.05) is 17.7 Å². The van der Waals surface area contributed by atoms with E-state index >= 15 is 0 Å². The Hall–Kier alpha value is -0.210. The maximum absolute atomic E-state index is 5.90. The van der Waals surface area contributed by atoms with Gasteiger partial charge in [0.2, 0.25) is 0 Å². The van der Waals surface area contributed by atoms with Gasteiger partial charge in [-0.2, -0.15) is 0 Å². The lowest BCUT2D eigenvalue weighted by Crippen LogP contribution is -2.29. The van der Waals surface area contributed by atoms with Crippen molar-refractivity contribution in [3.05, 3.63) is 23.3 Å². The topological polar surface area (TPSA) is 12.4 Å². The molecule has 0 aromatic carbocycles. The minimum Gasteiger partial charge on any atom is -0.271 e. The fourth-order valence-electron chi connectivity index (χ4n) is 1.52. The number of halogens is 1. The Morgan fingerprint density at radius 1 is 1.67 bits per heavy atom. The molecule has 0 aromatic rings. The van der Waals surface area contributed by atoms with E-state index in [1.54, 1.807) is 11.8 Å². The van der Waals surface area contributed by atoms with Crippen molar-refractivity contribution in [2.75, 3.05) is 0 Å². The van der Waals surface area contributed by atoms with E-state index in [0.717, 1.165) is 10.1 Å². The highest BCUT2D eigenvalue weighted by Crippen LogP contribution is 2.40. The zero-order valence-electron chi connectivity index (χ0n) is 7.04. The highest BCUT2D eigenvalue weighted by molar-refractivity contribution is 8.14. The maximum Gasteiger partial charge on any atom is 0.0930 e. The predicted molar refractivity (Wildman–Crippen MR) is 56.0 cm³/mol. The molecule has 0 spiro atoms. The van der Waals surface area contributed by atoms with Crippen LogP contribution >= 0.6 is 23.4 Å². The minimum atomic E-state index is -0.0485. The molecule has 0 N–H and O–H groups in total. The second kappa shape index (κ2) is 2.64. The Kier molecular flexibility index (Phi) is 1.85. The molecule has 0 saturated carbocycles. The van der Waals surface area contributed by atoms with Crippen LogP contribution in [-0.2, 0) is 0 Å². The fourth-order valence-corrected chi connectivity index (χ4v) is 2.98. The van der Waals surface area contributed by atoms with E-state index in [1.807, 2.05) is 13.0 Å². The van der Waals surface area contributed by atoms with Gasteiger partial charge in [-0.25, -0.2) is 0 Å². The van der Waals surface area contributed by atoms with Crippen LogP contribution in [0.1, 0.15) is 13.8 Å². The van der Waals surface area contributed by atoms with Crippen LogP contribution in [0, 0.1) is 0 Å². The predicted octanol–water partition coefficient (Wildman–Crippen LogP) is 2.97. The van der Waals surface area contributed by atoms with Crippen molar-refractivity contribution in [2.24, 2.45) is 4.99 Å². The first-order chi connectivity index (χ1) is 5.60. The molecule has 1 aliphatic carbocycles. The number of rotatable bonds is 0. The SMILES string of the molecule is CC1=NC2(C)C=CC(Cl)=CC2S1. The molecule has 2 atom stereocenters. The molecule has 2 rings (SSSR count). The summed E-state index contributed by atoms with van der Waals surface area (Å²) >= 11 is 7.69. The smallest absolute Gasteiger partial charge is 0.0930 e.